The van der Waals surface area contributed by atoms with Crippen LogP contribution in [0.5, 0.6) is 11.5 Å². The lowest BCUT2D eigenvalue weighted by molar-refractivity contribution is -0.136. The Labute approximate surface area is 133 Å². The van der Waals surface area contributed by atoms with Crippen molar-refractivity contribution in [1.82, 2.24) is 10.3 Å². The molecule has 0 aliphatic heterocycles. The maximum absolute atomic E-state index is 11.9. The quantitative estimate of drug-likeness (QED) is 0.813. The van der Waals surface area contributed by atoms with E-state index in [0.717, 1.165) is 0 Å². The van der Waals surface area contributed by atoms with Crippen LogP contribution in [-0.2, 0) is 16.1 Å². The topological polar surface area (TPSA) is 89.5 Å². The van der Waals surface area contributed by atoms with Crippen LogP contribution in [0.3, 0.4) is 0 Å². The molecule has 0 saturated heterocycles. The Balaban J connectivity index is 1.94. The molecule has 2 rings (SSSR count). The molecule has 2 aromatic rings. The minimum absolute atomic E-state index is 0.180. The number of carbonyl (C=O) groups excluding carboxylic acids is 2. The van der Waals surface area contributed by atoms with Crippen molar-refractivity contribution in [3.05, 3.63) is 48.3 Å². The van der Waals surface area contributed by atoms with E-state index in [9.17, 15) is 9.59 Å². The summed E-state index contributed by atoms with van der Waals surface area (Å²) in [6.45, 7) is 0.180. The van der Waals surface area contributed by atoms with Gasteiger partial charge in [-0.05, 0) is 24.3 Å². The van der Waals surface area contributed by atoms with Gasteiger partial charge in [-0.3, -0.25) is 14.6 Å². The summed E-state index contributed by atoms with van der Waals surface area (Å²) in [5.41, 5.74) is 1.10. The minimum atomic E-state index is -0.770. The average Bonchev–Trinajstić information content (AvgIpc) is 2.60. The summed E-state index contributed by atoms with van der Waals surface area (Å²) in [4.78, 5) is 27.7. The molecule has 0 bridgehead atoms. The molecule has 0 saturated carbocycles. The number of nitrogens with zero attached hydrogens (tertiary/aromatic N) is 1. The van der Waals surface area contributed by atoms with Crippen LogP contribution in [0.25, 0.3) is 0 Å². The van der Waals surface area contributed by atoms with Gasteiger partial charge in [0.25, 0.3) is 0 Å². The highest BCUT2D eigenvalue weighted by Crippen LogP contribution is 2.29. The number of aromatic nitrogens is 1. The molecule has 23 heavy (non-hydrogen) atoms. The smallest absolute Gasteiger partial charge is 0.313 e. The zero-order chi connectivity index (χ0) is 16.7. The highest BCUT2D eigenvalue weighted by molar-refractivity contribution is 6.39. The lowest BCUT2D eigenvalue weighted by atomic mass is 10.2. The van der Waals surface area contributed by atoms with Gasteiger partial charge in [0.15, 0.2) is 11.5 Å². The van der Waals surface area contributed by atoms with Gasteiger partial charge in [0, 0.05) is 18.0 Å². The van der Waals surface area contributed by atoms with Gasteiger partial charge in [-0.2, -0.15) is 0 Å². The summed E-state index contributed by atoms with van der Waals surface area (Å²) in [5, 5.41) is 5.00. The lowest BCUT2D eigenvalue weighted by Gasteiger charge is -2.10. The number of carbonyl (C=O) groups is 2. The van der Waals surface area contributed by atoms with Crippen LogP contribution in [0.1, 0.15) is 5.69 Å². The fourth-order valence-electron chi connectivity index (χ4n) is 1.86. The Kier molecular flexibility index (Phi) is 5.51. The minimum Gasteiger partial charge on any atom is -0.493 e. The van der Waals surface area contributed by atoms with Gasteiger partial charge in [-0.1, -0.05) is 6.07 Å². The highest BCUT2D eigenvalue weighted by Gasteiger charge is 2.14. The van der Waals surface area contributed by atoms with Crippen LogP contribution in [0.2, 0.25) is 0 Å². The molecule has 0 fully saturated rings. The van der Waals surface area contributed by atoms with E-state index in [-0.39, 0.29) is 6.54 Å². The Bertz CT molecular complexity index is 689. The molecule has 0 radical (unpaired) electrons. The van der Waals surface area contributed by atoms with Crippen molar-refractivity contribution in [3.63, 3.8) is 0 Å². The van der Waals surface area contributed by atoms with E-state index in [0.29, 0.717) is 22.9 Å². The molecule has 2 N–H and O–H groups in total. The number of pyridine rings is 1. The Hall–Kier alpha value is -3.09. The molecular formula is C16H17N3O4. The highest BCUT2D eigenvalue weighted by atomic mass is 16.5. The third-order valence-electron chi connectivity index (χ3n) is 3.00. The van der Waals surface area contributed by atoms with E-state index in [1.807, 2.05) is 0 Å². The molecule has 120 valence electrons. The molecule has 1 aromatic carbocycles. The van der Waals surface area contributed by atoms with Gasteiger partial charge in [0.2, 0.25) is 0 Å². The van der Waals surface area contributed by atoms with Crippen LogP contribution < -0.4 is 20.1 Å². The fourth-order valence-corrected chi connectivity index (χ4v) is 1.86. The summed E-state index contributed by atoms with van der Waals surface area (Å²) in [7, 11) is 3.00. The molecule has 2 amide bonds. The second-order valence-electron chi connectivity index (χ2n) is 4.53. The number of methoxy groups -OCH3 is 2. The van der Waals surface area contributed by atoms with Crippen molar-refractivity contribution in [2.45, 2.75) is 6.54 Å². The third kappa shape index (κ3) is 4.44. The molecule has 7 heteroatoms. The van der Waals surface area contributed by atoms with Gasteiger partial charge in [-0.15, -0.1) is 0 Å². The van der Waals surface area contributed by atoms with E-state index in [2.05, 4.69) is 15.6 Å². The SMILES string of the molecule is COc1ccc(NC(=O)C(=O)NCc2ccccn2)cc1OC. The zero-order valence-corrected chi connectivity index (χ0v) is 12.8. The van der Waals surface area contributed by atoms with E-state index in [4.69, 9.17) is 9.47 Å². The molecule has 0 spiro atoms. The second kappa shape index (κ2) is 7.79. The lowest BCUT2D eigenvalue weighted by Crippen LogP contribution is -2.35. The Morgan fingerprint density at radius 1 is 1.04 bits per heavy atom. The van der Waals surface area contributed by atoms with Crippen molar-refractivity contribution in [2.24, 2.45) is 0 Å². The van der Waals surface area contributed by atoms with E-state index in [1.54, 1.807) is 42.6 Å². The van der Waals surface area contributed by atoms with Gasteiger partial charge < -0.3 is 20.1 Å². The first-order valence-corrected chi connectivity index (χ1v) is 6.85. The molecule has 0 atom stereocenters. The number of hydrogen-bond acceptors (Lipinski definition) is 5. The predicted molar refractivity (Wildman–Crippen MR) is 84.3 cm³/mol. The normalized spacial score (nSPS) is 9.83. The number of hydrogen-bond donors (Lipinski definition) is 2. The van der Waals surface area contributed by atoms with Crippen LogP contribution in [0.4, 0.5) is 5.69 Å². The monoisotopic (exact) mass is 315 g/mol. The number of ether oxygens (including phenoxy) is 2. The van der Waals surface area contributed by atoms with Crippen molar-refractivity contribution < 1.29 is 19.1 Å². The van der Waals surface area contributed by atoms with Crippen molar-refractivity contribution in [1.29, 1.82) is 0 Å². The molecule has 0 aliphatic rings. The van der Waals surface area contributed by atoms with Crippen molar-refractivity contribution >= 4 is 17.5 Å². The first kappa shape index (κ1) is 16.3. The first-order valence-electron chi connectivity index (χ1n) is 6.85. The van der Waals surface area contributed by atoms with E-state index < -0.39 is 11.8 Å². The summed E-state index contributed by atoms with van der Waals surface area (Å²) >= 11 is 0. The molecule has 0 unspecified atom stereocenters. The maximum Gasteiger partial charge on any atom is 0.313 e. The fraction of sp³-hybridized carbons (Fsp3) is 0.188. The number of amides is 2. The number of nitrogens with one attached hydrogen (secondary N) is 2. The summed E-state index contributed by atoms with van der Waals surface area (Å²) < 4.78 is 10.2. The van der Waals surface area contributed by atoms with Crippen molar-refractivity contribution in [2.75, 3.05) is 19.5 Å². The number of rotatable bonds is 5. The predicted octanol–water partition coefficient (Wildman–Crippen LogP) is 1.35. The third-order valence-corrected chi connectivity index (χ3v) is 3.00. The summed E-state index contributed by atoms with van der Waals surface area (Å²) in [5.74, 6) is -0.525. The number of anilines is 1. The summed E-state index contributed by atoms with van der Waals surface area (Å²) in [6.07, 6.45) is 1.62. The second-order valence-corrected chi connectivity index (χ2v) is 4.53. The van der Waals surface area contributed by atoms with Gasteiger partial charge in [0.05, 0.1) is 26.5 Å². The Morgan fingerprint density at radius 3 is 2.48 bits per heavy atom. The number of benzene rings is 1. The zero-order valence-electron chi connectivity index (χ0n) is 12.8. The van der Waals surface area contributed by atoms with Crippen LogP contribution in [-0.4, -0.2) is 31.0 Å². The molecule has 7 nitrogen and oxygen atoms in total. The van der Waals surface area contributed by atoms with Crippen molar-refractivity contribution in [3.8, 4) is 11.5 Å². The summed E-state index contributed by atoms with van der Waals surface area (Å²) in [6, 6.07) is 10.2. The molecule has 1 aromatic heterocycles. The maximum atomic E-state index is 11.9. The van der Waals surface area contributed by atoms with Crippen LogP contribution >= 0.6 is 0 Å². The van der Waals surface area contributed by atoms with Gasteiger partial charge in [-0.25, -0.2) is 0 Å². The largest absolute Gasteiger partial charge is 0.493 e. The average molecular weight is 315 g/mol. The molecule has 1 heterocycles. The Morgan fingerprint density at radius 2 is 1.83 bits per heavy atom. The first-order chi connectivity index (χ1) is 11.1. The van der Waals surface area contributed by atoms with Gasteiger partial charge >= 0.3 is 11.8 Å². The van der Waals surface area contributed by atoms with Crippen LogP contribution in [0, 0.1) is 0 Å². The standard InChI is InChI=1S/C16H17N3O4/c1-22-13-7-6-11(9-14(13)23-2)19-16(21)15(20)18-10-12-5-3-4-8-17-12/h3-9H,10H2,1-2H3,(H,18,20)(H,19,21). The van der Waals surface area contributed by atoms with E-state index in [1.165, 1.54) is 14.2 Å². The van der Waals surface area contributed by atoms with Gasteiger partial charge in [0.1, 0.15) is 0 Å². The molecular weight excluding hydrogens is 298 g/mol. The van der Waals surface area contributed by atoms with E-state index >= 15 is 0 Å². The van der Waals surface area contributed by atoms with Crippen LogP contribution in [0.15, 0.2) is 42.6 Å². The molecule has 0 aliphatic carbocycles.